The van der Waals surface area contributed by atoms with Crippen LogP contribution >= 0.6 is 11.6 Å². The van der Waals surface area contributed by atoms with E-state index < -0.39 is 0 Å². The van der Waals surface area contributed by atoms with E-state index in [4.69, 9.17) is 11.6 Å². The normalized spacial score (nSPS) is 14.8. The van der Waals surface area contributed by atoms with Crippen LogP contribution in [-0.2, 0) is 0 Å². The minimum Gasteiger partial charge on any atom is -0.368 e. The fourth-order valence-electron chi connectivity index (χ4n) is 2.46. The first-order valence-corrected chi connectivity index (χ1v) is 7.56. The van der Waals surface area contributed by atoms with Crippen LogP contribution in [-0.4, -0.2) is 42.1 Å². The number of hydrogen-bond acceptors (Lipinski definition) is 3. The van der Waals surface area contributed by atoms with Crippen molar-refractivity contribution in [3.8, 4) is 0 Å². The molecule has 0 saturated carbocycles. The zero-order valence-electron chi connectivity index (χ0n) is 12.1. The number of amides is 2. The Bertz CT molecular complexity index is 624. The van der Waals surface area contributed by atoms with Crippen molar-refractivity contribution in [2.75, 3.05) is 36.4 Å². The standard InChI is InChI=1S/C16H17ClN4O/c17-13-1-3-14(4-2-13)19-16(22)21-11-9-20(10-12-21)15-5-7-18-8-6-15/h1-8H,9-12H2,(H,19,22). The van der Waals surface area contributed by atoms with E-state index in [2.05, 4.69) is 15.2 Å². The molecule has 0 unspecified atom stereocenters. The van der Waals surface area contributed by atoms with Gasteiger partial charge < -0.3 is 15.1 Å². The molecule has 1 saturated heterocycles. The van der Waals surface area contributed by atoms with Gasteiger partial charge >= 0.3 is 6.03 Å². The van der Waals surface area contributed by atoms with Gasteiger partial charge in [0.05, 0.1) is 0 Å². The van der Waals surface area contributed by atoms with Crippen LogP contribution in [0.15, 0.2) is 48.8 Å². The first kappa shape index (κ1) is 14.7. The molecular weight excluding hydrogens is 300 g/mol. The number of nitrogens with zero attached hydrogens (tertiary/aromatic N) is 3. The van der Waals surface area contributed by atoms with Crippen LogP contribution < -0.4 is 10.2 Å². The number of pyridine rings is 1. The van der Waals surface area contributed by atoms with Crippen molar-refractivity contribution in [2.24, 2.45) is 0 Å². The largest absolute Gasteiger partial charge is 0.368 e. The Balaban J connectivity index is 1.54. The van der Waals surface area contributed by atoms with Gasteiger partial charge in [0.1, 0.15) is 0 Å². The molecule has 2 heterocycles. The van der Waals surface area contributed by atoms with Crippen LogP contribution in [0.4, 0.5) is 16.2 Å². The quantitative estimate of drug-likeness (QED) is 0.926. The van der Waals surface area contributed by atoms with Gasteiger partial charge in [-0.15, -0.1) is 0 Å². The maximum absolute atomic E-state index is 12.2. The maximum atomic E-state index is 12.2. The number of halogens is 1. The molecular formula is C16H17ClN4O. The van der Waals surface area contributed by atoms with Crippen molar-refractivity contribution < 1.29 is 4.79 Å². The summed E-state index contributed by atoms with van der Waals surface area (Å²) in [6, 6.07) is 11.0. The van der Waals surface area contributed by atoms with E-state index in [1.807, 2.05) is 17.0 Å². The SMILES string of the molecule is O=C(Nc1ccc(Cl)cc1)N1CCN(c2ccncc2)CC1. The monoisotopic (exact) mass is 316 g/mol. The fraction of sp³-hybridized carbons (Fsp3) is 0.250. The zero-order chi connectivity index (χ0) is 15.4. The van der Waals surface area contributed by atoms with Gasteiger partial charge in [0.2, 0.25) is 0 Å². The number of anilines is 2. The molecule has 3 rings (SSSR count). The molecule has 2 aromatic rings. The minimum atomic E-state index is -0.0725. The highest BCUT2D eigenvalue weighted by atomic mass is 35.5. The summed E-state index contributed by atoms with van der Waals surface area (Å²) in [5.74, 6) is 0. The molecule has 0 spiro atoms. The third kappa shape index (κ3) is 3.49. The van der Waals surface area contributed by atoms with Crippen molar-refractivity contribution in [3.05, 3.63) is 53.8 Å². The van der Waals surface area contributed by atoms with E-state index in [0.717, 1.165) is 24.5 Å². The van der Waals surface area contributed by atoms with E-state index in [0.29, 0.717) is 18.1 Å². The van der Waals surface area contributed by atoms with Gasteiger partial charge in [-0.3, -0.25) is 4.98 Å². The van der Waals surface area contributed by atoms with Crippen molar-refractivity contribution >= 4 is 29.0 Å². The summed E-state index contributed by atoms with van der Waals surface area (Å²) >= 11 is 5.84. The maximum Gasteiger partial charge on any atom is 0.321 e. The Morgan fingerprint density at radius 2 is 1.64 bits per heavy atom. The predicted molar refractivity (Wildman–Crippen MR) is 88.5 cm³/mol. The highest BCUT2D eigenvalue weighted by molar-refractivity contribution is 6.30. The molecule has 6 heteroatoms. The van der Waals surface area contributed by atoms with Gasteiger partial charge in [-0.05, 0) is 36.4 Å². The van der Waals surface area contributed by atoms with Crippen LogP contribution in [0.3, 0.4) is 0 Å². The summed E-state index contributed by atoms with van der Waals surface area (Å²) in [6.07, 6.45) is 3.57. The van der Waals surface area contributed by atoms with Crippen molar-refractivity contribution in [3.63, 3.8) is 0 Å². The van der Waals surface area contributed by atoms with E-state index in [-0.39, 0.29) is 6.03 Å². The van der Waals surface area contributed by atoms with Gasteiger partial charge in [0.25, 0.3) is 0 Å². The molecule has 1 aromatic heterocycles. The number of carbonyl (C=O) groups is 1. The Labute approximate surface area is 134 Å². The molecule has 1 aliphatic heterocycles. The summed E-state index contributed by atoms with van der Waals surface area (Å²) in [4.78, 5) is 20.4. The lowest BCUT2D eigenvalue weighted by atomic mass is 10.2. The second-order valence-corrected chi connectivity index (χ2v) is 5.55. The lowest BCUT2D eigenvalue weighted by Crippen LogP contribution is -2.50. The highest BCUT2D eigenvalue weighted by Gasteiger charge is 2.21. The predicted octanol–water partition coefficient (Wildman–Crippen LogP) is 3.09. The second kappa shape index (κ2) is 6.66. The second-order valence-electron chi connectivity index (χ2n) is 5.12. The molecule has 114 valence electrons. The number of hydrogen-bond donors (Lipinski definition) is 1. The molecule has 5 nitrogen and oxygen atoms in total. The summed E-state index contributed by atoms with van der Waals surface area (Å²) in [5.41, 5.74) is 1.90. The number of nitrogens with one attached hydrogen (secondary N) is 1. The lowest BCUT2D eigenvalue weighted by Gasteiger charge is -2.36. The molecule has 1 aromatic carbocycles. The fourth-order valence-corrected chi connectivity index (χ4v) is 2.58. The number of urea groups is 1. The number of carbonyl (C=O) groups excluding carboxylic acids is 1. The molecule has 1 N–H and O–H groups in total. The number of rotatable bonds is 2. The van der Waals surface area contributed by atoms with Gasteiger partial charge in [0.15, 0.2) is 0 Å². The van der Waals surface area contributed by atoms with Crippen LogP contribution in [0.25, 0.3) is 0 Å². The van der Waals surface area contributed by atoms with Crippen LogP contribution in [0, 0.1) is 0 Å². The van der Waals surface area contributed by atoms with E-state index in [1.54, 1.807) is 36.7 Å². The summed E-state index contributed by atoms with van der Waals surface area (Å²) in [7, 11) is 0. The van der Waals surface area contributed by atoms with E-state index in [9.17, 15) is 4.79 Å². The van der Waals surface area contributed by atoms with Crippen LogP contribution in [0.5, 0.6) is 0 Å². The first-order valence-electron chi connectivity index (χ1n) is 7.19. The number of piperazine rings is 1. The van der Waals surface area contributed by atoms with Gasteiger partial charge in [-0.1, -0.05) is 11.6 Å². The molecule has 22 heavy (non-hydrogen) atoms. The summed E-state index contributed by atoms with van der Waals surface area (Å²) in [5, 5.41) is 3.55. The summed E-state index contributed by atoms with van der Waals surface area (Å²) < 4.78 is 0. The zero-order valence-corrected chi connectivity index (χ0v) is 12.8. The average Bonchev–Trinajstić information content (AvgIpc) is 2.58. The molecule has 0 radical (unpaired) electrons. The van der Waals surface area contributed by atoms with Gasteiger partial charge in [0, 0.05) is 55.0 Å². The van der Waals surface area contributed by atoms with Crippen LogP contribution in [0.1, 0.15) is 0 Å². The first-order chi connectivity index (χ1) is 10.7. The van der Waals surface area contributed by atoms with Crippen molar-refractivity contribution in [2.45, 2.75) is 0 Å². The number of aromatic nitrogens is 1. The Kier molecular flexibility index (Phi) is 4.44. The molecule has 0 bridgehead atoms. The van der Waals surface area contributed by atoms with Gasteiger partial charge in [-0.2, -0.15) is 0 Å². The molecule has 0 atom stereocenters. The van der Waals surface area contributed by atoms with Crippen LogP contribution in [0.2, 0.25) is 5.02 Å². The lowest BCUT2D eigenvalue weighted by molar-refractivity contribution is 0.208. The Hall–Kier alpha value is -2.27. The average molecular weight is 317 g/mol. The molecule has 0 aliphatic carbocycles. The topological polar surface area (TPSA) is 48.5 Å². The smallest absolute Gasteiger partial charge is 0.321 e. The van der Waals surface area contributed by atoms with Crippen molar-refractivity contribution in [1.82, 2.24) is 9.88 Å². The molecule has 2 amide bonds. The van der Waals surface area contributed by atoms with Crippen molar-refractivity contribution in [1.29, 1.82) is 0 Å². The third-order valence-corrected chi connectivity index (χ3v) is 3.94. The highest BCUT2D eigenvalue weighted by Crippen LogP contribution is 2.17. The number of benzene rings is 1. The molecule has 1 fully saturated rings. The summed E-state index contributed by atoms with van der Waals surface area (Å²) in [6.45, 7) is 3.03. The Morgan fingerprint density at radius 3 is 2.27 bits per heavy atom. The molecule has 1 aliphatic rings. The Morgan fingerprint density at radius 1 is 1.00 bits per heavy atom. The minimum absolute atomic E-state index is 0.0725. The third-order valence-electron chi connectivity index (χ3n) is 3.69. The van der Waals surface area contributed by atoms with Gasteiger partial charge in [-0.25, -0.2) is 4.79 Å². The van der Waals surface area contributed by atoms with E-state index in [1.165, 1.54) is 0 Å². The van der Waals surface area contributed by atoms with E-state index >= 15 is 0 Å².